The number of ether oxygens (including phenoxy) is 1. The van der Waals surface area contributed by atoms with Crippen LogP contribution in [0.1, 0.15) is 70.6 Å². The summed E-state index contributed by atoms with van der Waals surface area (Å²) >= 11 is 0. The SMILES string of the molecule is CCCCCOc1ccc(C2c3c(oc4cc(C)c(C)cc4c3=O)C(=O)N2c2cccc(C(F)(F)F)c2)cc1. The number of rotatable bonds is 7. The molecule has 4 aromatic rings. The summed E-state index contributed by atoms with van der Waals surface area (Å²) in [7, 11) is 0. The van der Waals surface area contributed by atoms with Gasteiger partial charge in [0.2, 0.25) is 5.76 Å². The summed E-state index contributed by atoms with van der Waals surface area (Å²) in [6.07, 6.45) is -1.57. The van der Waals surface area contributed by atoms with Crippen LogP contribution < -0.4 is 15.1 Å². The first-order valence-electron chi connectivity index (χ1n) is 12.9. The first-order valence-corrected chi connectivity index (χ1v) is 12.9. The molecule has 1 amide bonds. The van der Waals surface area contributed by atoms with Gasteiger partial charge in [0.15, 0.2) is 5.43 Å². The third-order valence-corrected chi connectivity index (χ3v) is 7.15. The number of hydrogen-bond acceptors (Lipinski definition) is 4. The Bertz CT molecular complexity index is 1610. The second-order valence-corrected chi connectivity index (χ2v) is 9.86. The van der Waals surface area contributed by atoms with E-state index in [1.807, 2.05) is 13.8 Å². The van der Waals surface area contributed by atoms with Gasteiger partial charge in [-0.3, -0.25) is 14.5 Å². The molecule has 1 atom stereocenters. The molecule has 2 heterocycles. The van der Waals surface area contributed by atoms with Gasteiger partial charge in [-0.2, -0.15) is 13.2 Å². The number of aryl methyl sites for hydroxylation is 2. The Labute approximate surface area is 223 Å². The van der Waals surface area contributed by atoms with Crippen molar-refractivity contribution < 1.29 is 27.1 Å². The van der Waals surface area contributed by atoms with Gasteiger partial charge in [0.05, 0.1) is 29.2 Å². The van der Waals surface area contributed by atoms with Crippen molar-refractivity contribution in [3.05, 3.63) is 104 Å². The van der Waals surface area contributed by atoms with Crippen molar-refractivity contribution in [2.75, 3.05) is 11.5 Å². The average molecular weight is 536 g/mol. The van der Waals surface area contributed by atoms with E-state index in [1.165, 1.54) is 17.0 Å². The lowest BCUT2D eigenvalue weighted by atomic mass is 9.97. The smallest absolute Gasteiger partial charge is 0.416 e. The largest absolute Gasteiger partial charge is 0.494 e. The zero-order valence-corrected chi connectivity index (χ0v) is 21.9. The second kappa shape index (κ2) is 10.2. The summed E-state index contributed by atoms with van der Waals surface area (Å²) in [5, 5.41) is 0.316. The molecule has 1 unspecified atom stereocenters. The molecular weight excluding hydrogens is 507 g/mol. The highest BCUT2D eigenvalue weighted by Crippen LogP contribution is 2.43. The van der Waals surface area contributed by atoms with E-state index in [-0.39, 0.29) is 28.0 Å². The van der Waals surface area contributed by atoms with Gasteiger partial charge in [-0.15, -0.1) is 0 Å². The number of nitrogens with zero attached hydrogens (tertiary/aromatic N) is 1. The van der Waals surface area contributed by atoms with E-state index in [1.54, 1.807) is 36.4 Å². The van der Waals surface area contributed by atoms with Crippen molar-refractivity contribution in [1.29, 1.82) is 0 Å². The quantitative estimate of drug-likeness (QED) is 0.227. The van der Waals surface area contributed by atoms with Crippen molar-refractivity contribution >= 4 is 22.6 Å². The molecule has 8 heteroatoms. The fourth-order valence-corrected chi connectivity index (χ4v) is 4.93. The average Bonchev–Trinajstić information content (AvgIpc) is 3.20. The number of carbonyl (C=O) groups is 1. The first-order chi connectivity index (χ1) is 18.6. The molecule has 0 bridgehead atoms. The maximum absolute atomic E-state index is 13.8. The van der Waals surface area contributed by atoms with Crippen molar-refractivity contribution in [2.45, 2.75) is 52.3 Å². The minimum absolute atomic E-state index is 0.0157. The van der Waals surface area contributed by atoms with E-state index >= 15 is 0 Å². The van der Waals surface area contributed by atoms with E-state index in [9.17, 15) is 22.8 Å². The highest BCUT2D eigenvalue weighted by atomic mass is 19.4. The third-order valence-electron chi connectivity index (χ3n) is 7.15. The molecule has 1 aromatic heterocycles. The number of carbonyl (C=O) groups excluding carboxylic acids is 1. The van der Waals surface area contributed by atoms with E-state index in [0.717, 1.165) is 42.5 Å². The Hall–Kier alpha value is -4.07. The Balaban J connectivity index is 1.66. The Morgan fingerprint density at radius 3 is 2.36 bits per heavy atom. The van der Waals surface area contributed by atoms with Gasteiger partial charge in [-0.05, 0) is 79.4 Å². The zero-order valence-electron chi connectivity index (χ0n) is 21.9. The van der Waals surface area contributed by atoms with E-state index in [0.29, 0.717) is 23.3 Å². The summed E-state index contributed by atoms with van der Waals surface area (Å²) < 4.78 is 52.5. The third kappa shape index (κ3) is 4.91. The number of fused-ring (bicyclic) bond motifs is 2. The number of hydrogen-bond donors (Lipinski definition) is 0. The van der Waals surface area contributed by atoms with Crippen LogP contribution >= 0.6 is 0 Å². The fraction of sp³-hybridized carbons (Fsp3) is 0.290. The van der Waals surface area contributed by atoms with Crippen LogP contribution in [0, 0.1) is 13.8 Å². The van der Waals surface area contributed by atoms with Gasteiger partial charge in [-0.1, -0.05) is 38.0 Å². The minimum atomic E-state index is -4.60. The molecule has 1 aliphatic rings. The molecule has 5 rings (SSSR count). The molecule has 0 N–H and O–H groups in total. The van der Waals surface area contributed by atoms with Crippen LogP contribution in [0.15, 0.2) is 69.9 Å². The number of anilines is 1. The van der Waals surface area contributed by atoms with E-state index in [2.05, 4.69) is 6.92 Å². The molecule has 1 aliphatic heterocycles. The van der Waals surface area contributed by atoms with E-state index in [4.69, 9.17) is 9.15 Å². The standard InChI is InChI=1S/C31H28F3NO4/c1-4-5-6-14-38-23-12-10-20(11-13-23)27-26-28(36)24-15-18(2)19(3)16-25(24)39-29(26)30(37)35(27)22-9-7-8-21(17-22)31(32,33)34/h7-13,15-17,27H,4-6,14H2,1-3H3. The number of benzene rings is 3. The lowest BCUT2D eigenvalue weighted by Crippen LogP contribution is -2.29. The Morgan fingerprint density at radius 2 is 1.67 bits per heavy atom. The summed E-state index contributed by atoms with van der Waals surface area (Å²) in [5.41, 5.74) is 1.42. The van der Waals surface area contributed by atoms with Crippen LogP contribution in [0.2, 0.25) is 0 Å². The highest BCUT2D eigenvalue weighted by molar-refractivity contribution is 6.10. The normalized spacial score (nSPS) is 15.2. The van der Waals surface area contributed by atoms with Crippen molar-refractivity contribution in [2.24, 2.45) is 0 Å². The fourth-order valence-electron chi connectivity index (χ4n) is 4.93. The lowest BCUT2D eigenvalue weighted by molar-refractivity contribution is -0.137. The number of halogens is 3. The summed E-state index contributed by atoms with van der Waals surface area (Å²) in [6.45, 7) is 6.41. The van der Waals surface area contributed by atoms with Gasteiger partial charge in [0.25, 0.3) is 5.91 Å². The molecule has 0 saturated carbocycles. The highest BCUT2D eigenvalue weighted by Gasteiger charge is 2.44. The molecule has 5 nitrogen and oxygen atoms in total. The van der Waals surface area contributed by atoms with Crippen LogP contribution in [-0.4, -0.2) is 12.5 Å². The predicted molar refractivity (Wildman–Crippen MR) is 144 cm³/mol. The van der Waals surface area contributed by atoms with E-state index < -0.39 is 23.7 Å². The number of amides is 1. The predicted octanol–water partition coefficient (Wildman–Crippen LogP) is 7.75. The van der Waals surface area contributed by atoms with Gasteiger partial charge in [-0.25, -0.2) is 0 Å². The zero-order chi connectivity index (χ0) is 27.9. The van der Waals surface area contributed by atoms with Gasteiger partial charge in [0, 0.05) is 5.69 Å². The maximum atomic E-state index is 13.8. The van der Waals surface area contributed by atoms with Crippen molar-refractivity contribution in [1.82, 2.24) is 0 Å². The first kappa shape index (κ1) is 26.5. The van der Waals surface area contributed by atoms with Gasteiger partial charge >= 0.3 is 6.18 Å². The number of alkyl halides is 3. The molecular formula is C31H28F3NO4. The summed E-state index contributed by atoms with van der Waals surface area (Å²) in [5.74, 6) is -0.217. The molecule has 0 radical (unpaired) electrons. The van der Waals surface area contributed by atoms with Crippen LogP contribution in [-0.2, 0) is 6.18 Å². The van der Waals surface area contributed by atoms with Crippen LogP contribution in [0.4, 0.5) is 18.9 Å². The molecule has 202 valence electrons. The van der Waals surface area contributed by atoms with Crippen molar-refractivity contribution in [3.8, 4) is 5.75 Å². The molecule has 0 spiro atoms. The monoisotopic (exact) mass is 535 g/mol. The lowest BCUT2D eigenvalue weighted by Gasteiger charge is -2.26. The second-order valence-electron chi connectivity index (χ2n) is 9.86. The Morgan fingerprint density at radius 1 is 0.949 bits per heavy atom. The minimum Gasteiger partial charge on any atom is -0.494 e. The van der Waals surface area contributed by atoms with Gasteiger partial charge in [0.1, 0.15) is 11.3 Å². The summed E-state index contributed by atoms with van der Waals surface area (Å²) in [6, 6.07) is 13.9. The van der Waals surface area contributed by atoms with Gasteiger partial charge < -0.3 is 9.15 Å². The summed E-state index contributed by atoms with van der Waals surface area (Å²) in [4.78, 5) is 28.8. The number of unbranched alkanes of at least 4 members (excludes halogenated alkanes) is 2. The van der Waals surface area contributed by atoms with Crippen LogP contribution in [0.3, 0.4) is 0 Å². The van der Waals surface area contributed by atoms with Crippen LogP contribution in [0.25, 0.3) is 11.0 Å². The maximum Gasteiger partial charge on any atom is 0.416 e. The van der Waals surface area contributed by atoms with Crippen molar-refractivity contribution in [3.63, 3.8) is 0 Å². The van der Waals surface area contributed by atoms with Crippen LogP contribution in [0.5, 0.6) is 5.75 Å². The topological polar surface area (TPSA) is 59.8 Å². The molecule has 0 saturated heterocycles. The molecule has 0 fully saturated rings. The molecule has 0 aliphatic carbocycles. The molecule has 3 aromatic carbocycles. The molecule has 39 heavy (non-hydrogen) atoms. The Kier molecular flexibility index (Phi) is 6.97.